The number of halogens is 1. The van der Waals surface area contributed by atoms with Crippen LogP contribution in [0.4, 0.5) is 4.39 Å². The molecule has 1 atom stereocenters. The van der Waals surface area contributed by atoms with Crippen molar-refractivity contribution in [2.24, 2.45) is 0 Å². The fraction of sp³-hybridized carbons (Fsp3) is 0.538. The van der Waals surface area contributed by atoms with Crippen molar-refractivity contribution in [2.45, 2.75) is 57.7 Å². The van der Waals surface area contributed by atoms with Crippen LogP contribution in [0.1, 0.15) is 65.6 Å². The Bertz CT molecular complexity index is 1090. The second-order valence-corrected chi connectivity index (χ2v) is 9.88. The molecule has 0 spiro atoms. The molecule has 0 unspecified atom stereocenters. The van der Waals surface area contributed by atoms with Crippen LogP contribution in [0.15, 0.2) is 30.3 Å². The summed E-state index contributed by atoms with van der Waals surface area (Å²) in [6, 6.07) is 7.34. The van der Waals surface area contributed by atoms with Crippen molar-refractivity contribution in [2.75, 3.05) is 33.2 Å². The lowest BCUT2D eigenvalue weighted by atomic mass is 9.96. The van der Waals surface area contributed by atoms with Gasteiger partial charge in [0.1, 0.15) is 17.1 Å². The van der Waals surface area contributed by atoms with E-state index < -0.39 is 5.54 Å². The van der Waals surface area contributed by atoms with Crippen LogP contribution in [0.25, 0.3) is 0 Å². The van der Waals surface area contributed by atoms with Gasteiger partial charge in [-0.05, 0) is 63.5 Å². The maximum atomic E-state index is 13.1. The number of carbonyl (C=O) groups is 3. The number of aromatic nitrogens is 2. The van der Waals surface area contributed by atoms with Crippen molar-refractivity contribution >= 4 is 17.7 Å². The molecule has 2 aromatic rings. The lowest BCUT2D eigenvalue weighted by Gasteiger charge is -2.40. The average Bonchev–Trinajstić information content (AvgIpc) is 3.12. The molecule has 3 amide bonds. The van der Waals surface area contributed by atoms with Gasteiger partial charge in [0.15, 0.2) is 5.69 Å². The van der Waals surface area contributed by atoms with E-state index in [4.69, 9.17) is 0 Å². The number of likely N-dealkylation sites (tertiary alicyclic amines) is 1. The van der Waals surface area contributed by atoms with Gasteiger partial charge in [0.25, 0.3) is 11.8 Å². The minimum atomic E-state index is -1.20. The predicted octanol–water partition coefficient (Wildman–Crippen LogP) is 2.18. The number of nitrogens with one attached hydrogen (secondary N) is 2. The van der Waals surface area contributed by atoms with E-state index in [1.165, 1.54) is 53.5 Å². The summed E-state index contributed by atoms with van der Waals surface area (Å²) in [5, 5.41) is 10.1. The number of nitrogens with zero attached hydrogens (tertiary/aromatic N) is 4. The smallest absolute Gasteiger partial charge is 0.272 e. The fourth-order valence-electron chi connectivity index (χ4n) is 4.77. The van der Waals surface area contributed by atoms with Crippen LogP contribution >= 0.6 is 0 Å². The molecule has 0 saturated carbocycles. The summed E-state index contributed by atoms with van der Waals surface area (Å²) in [6.07, 6.45) is 5.91. The van der Waals surface area contributed by atoms with E-state index in [9.17, 15) is 18.8 Å². The second-order valence-electron chi connectivity index (χ2n) is 9.88. The van der Waals surface area contributed by atoms with Gasteiger partial charge in [0.2, 0.25) is 5.91 Å². The van der Waals surface area contributed by atoms with Crippen LogP contribution in [-0.2, 0) is 17.9 Å². The normalized spacial score (nSPS) is 20.5. The molecule has 4 rings (SSSR count). The van der Waals surface area contributed by atoms with E-state index in [0.717, 1.165) is 31.6 Å². The molecule has 1 saturated heterocycles. The number of benzene rings is 1. The summed E-state index contributed by atoms with van der Waals surface area (Å²) in [4.78, 5) is 42.7. The number of rotatable bonds is 8. The molecular weight excluding hydrogens is 463 g/mol. The Morgan fingerprint density at radius 1 is 1.08 bits per heavy atom. The summed E-state index contributed by atoms with van der Waals surface area (Å²) >= 11 is 0. The maximum Gasteiger partial charge on any atom is 0.272 e. The van der Waals surface area contributed by atoms with E-state index in [0.29, 0.717) is 6.54 Å². The van der Waals surface area contributed by atoms with E-state index in [1.807, 2.05) is 0 Å². The first-order valence-corrected chi connectivity index (χ1v) is 12.7. The average molecular weight is 499 g/mol. The van der Waals surface area contributed by atoms with Crippen molar-refractivity contribution in [1.29, 1.82) is 0 Å². The van der Waals surface area contributed by atoms with E-state index in [2.05, 4.69) is 20.6 Å². The van der Waals surface area contributed by atoms with Crippen LogP contribution in [0.3, 0.4) is 0 Å². The number of hydrogen-bond donors (Lipinski definition) is 2. The molecule has 0 aliphatic carbocycles. The number of fused-ring (bicyclic) bond motifs is 1. The highest BCUT2D eigenvalue weighted by molar-refractivity contribution is 6.01. The topological polar surface area (TPSA) is 99.6 Å². The first-order chi connectivity index (χ1) is 17.3. The Hall–Kier alpha value is -3.27. The molecule has 10 heteroatoms. The van der Waals surface area contributed by atoms with E-state index in [1.54, 1.807) is 26.1 Å². The lowest BCUT2D eigenvalue weighted by Crippen LogP contribution is -2.62. The van der Waals surface area contributed by atoms with Crippen LogP contribution in [0, 0.1) is 5.82 Å². The largest absolute Gasteiger partial charge is 0.351 e. The van der Waals surface area contributed by atoms with Gasteiger partial charge in [-0.15, -0.1) is 0 Å². The molecule has 1 aromatic carbocycles. The zero-order chi connectivity index (χ0) is 25.7. The van der Waals surface area contributed by atoms with Crippen molar-refractivity contribution < 1.29 is 18.8 Å². The molecule has 36 heavy (non-hydrogen) atoms. The first-order valence-electron chi connectivity index (χ1n) is 12.7. The van der Waals surface area contributed by atoms with Gasteiger partial charge in [0.05, 0.1) is 6.54 Å². The van der Waals surface area contributed by atoms with Gasteiger partial charge >= 0.3 is 0 Å². The minimum Gasteiger partial charge on any atom is -0.351 e. The summed E-state index contributed by atoms with van der Waals surface area (Å²) in [7, 11) is 1.57. The highest BCUT2D eigenvalue weighted by Crippen LogP contribution is 2.26. The van der Waals surface area contributed by atoms with E-state index >= 15 is 0 Å². The minimum absolute atomic E-state index is 0.113. The molecule has 0 radical (unpaired) electrons. The Balaban J connectivity index is 1.34. The van der Waals surface area contributed by atoms with Gasteiger partial charge in [-0.25, -0.2) is 4.39 Å². The molecule has 0 bridgehead atoms. The van der Waals surface area contributed by atoms with Crippen LogP contribution in [0.2, 0.25) is 0 Å². The van der Waals surface area contributed by atoms with Gasteiger partial charge in [-0.2, -0.15) is 5.10 Å². The van der Waals surface area contributed by atoms with Gasteiger partial charge in [-0.1, -0.05) is 25.0 Å². The van der Waals surface area contributed by atoms with Crippen molar-refractivity contribution in [3.63, 3.8) is 0 Å². The molecule has 2 N–H and O–H groups in total. The Kier molecular flexibility index (Phi) is 8.03. The number of likely N-dealkylation sites (N-methyl/N-ethyl adjacent to an activating group) is 1. The van der Waals surface area contributed by atoms with Crippen molar-refractivity contribution in [1.82, 2.24) is 30.2 Å². The molecule has 1 fully saturated rings. The highest BCUT2D eigenvalue weighted by atomic mass is 19.1. The van der Waals surface area contributed by atoms with Crippen LogP contribution < -0.4 is 10.6 Å². The van der Waals surface area contributed by atoms with Gasteiger partial charge in [-0.3, -0.25) is 19.1 Å². The molecule has 2 aliphatic rings. The molecule has 194 valence electrons. The van der Waals surface area contributed by atoms with E-state index in [-0.39, 0.29) is 48.0 Å². The summed E-state index contributed by atoms with van der Waals surface area (Å²) in [5.41, 5.74) is -0.0157. The number of amides is 3. The third-order valence-corrected chi connectivity index (χ3v) is 7.23. The second kappa shape index (κ2) is 11.2. The van der Waals surface area contributed by atoms with Gasteiger partial charge in [0, 0.05) is 26.2 Å². The standard InChI is InChI=1S/C26H35FN6O3/c1-26(25(36)29-17-19-8-10-20(27)11-9-19)18-33-22(24(35)31(26)2)16-21(30-33)23(34)28-12-7-15-32-13-5-3-4-6-14-32/h8-11,16H,3-7,12-15,17-18H2,1-2H3,(H,28,34)(H,29,36)/t26-/m1/s1. The molecule has 2 aliphatic heterocycles. The zero-order valence-electron chi connectivity index (χ0n) is 21.1. The fourth-order valence-corrected chi connectivity index (χ4v) is 4.77. The number of hydrogen-bond acceptors (Lipinski definition) is 5. The first kappa shape index (κ1) is 25.8. The molecule has 3 heterocycles. The monoisotopic (exact) mass is 498 g/mol. The third-order valence-electron chi connectivity index (χ3n) is 7.23. The SMILES string of the molecule is CN1C(=O)c2cc(C(=O)NCCCN3CCCCCC3)nn2C[C@]1(C)C(=O)NCc1ccc(F)cc1. The van der Waals surface area contributed by atoms with Crippen LogP contribution in [0.5, 0.6) is 0 Å². The molecule has 1 aromatic heterocycles. The predicted molar refractivity (Wildman–Crippen MR) is 133 cm³/mol. The van der Waals surface area contributed by atoms with Crippen LogP contribution in [-0.4, -0.2) is 76.1 Å². The maximum absolute atomic E-state index is 13.1. The highest BCUT2D eigenvalue weighted by Gasteiger charge is 2.46. The van der Waals surface area contributed by atoms with Crippen molar-refractivity contribution in [3.05, 3.63) is 53.1 Å². The summed E-state index contributed by atoms with van der Waals surface area (Å²) < 4.78 is 14.6. The molecular formula is C26H35FN6O3. The summed E-state index contributed by atoms with van der Waals surface area (Å²) in [5.74, 6) is -1.42. The Labute approximate surface area is 211 Å². The molecule has 9 nitrogen and oxygen atoms in total. The summed E-state index contributed by atoms with van der Waals surface area (Å²) in [6.45, 7) is 5.71. The Morgan fingerprint density at radius 3 is 2.47 bits per heavy atom. The zero-order valence-corrected chi connectivity index (χ0v) is 21.1. The number of carbonyl (C=O) groups excluding carboxylic acids is 3. The van der Waals surface area contributed by atoms with Crippen molar-refractivity contribution in [3.8, 4) is 0 Å². The quantitative estimate of drug-likeness (QED) is 0.544. The Morgan fingerprint density at radius 2 is 1.78 bits per heavy atom. The third kappa shape index (κ3) is 5.75. The van der Waals surface area contributed by atoms with Gasteiger partial charge < -0.3 is 20.4 Å². The lowest BCUT2D eigenvalue weighted by molar-refractivity contribution is -0.132.